The molecule has 4 saturated carbocycles. The highest BCUT2D eigenvalue weighted by molar-refractivity contribution is 5.12. The third-order valence-corrected chi connectivity index (χ3v) is 11.4. The molecule has 0 amide bonds. The van der Waals surface area contributed by atoms with Crippen LogP contribution in [0, 0.1) is 46.3 Å². The minimum atomic E-state index is -0.293. The van der Waals surface area contributed by atoms with Gasteiger partial charge in [0.25, 0.3) is 0 Å². The van der Waals surface area contributed by atoms with Crippen LogP contribution in [0.5, 0.6) is 0 Å². The lowest BCUT2D eigenvalue weighted by Crippen LogP contribution is -2.60. The van der Waals surface area contributed by atoms with Crippen LogP contribution in [0.2, 0.25) is 0 Å². The summed E-state index contributed by atoms with van der Waals surface area (Å²) in [7, 11) is 1.97. The molecule has 5 rings (SSSR count). The number of ether oxygens (including phenoxy) is 3. The first kappa shape index (κ1) is 22.6. The van der Waals surface area contributed by atoms with Crippen molar-refractivity contribution in [1.82, 2.24) is 0 Å². The first-order valence-electron chi connectivity index (χ1n) is 13.3. The minimum Gasteiger partial charge on any atom is -0.396 e. The molecule has 178 valence electrons. The zero-order chi connectivity index (χ0) is 21.9. The molecule has 9 atom stereocenters. The lowest BCUT2D eigenvalue weighted by atomic mass is 9.43. The Morgan fingerprint density at radius 3 is 2.45 bits per heavy atom. The van der Waals surface area contributed by atoms with Gasteiger partial charge < -0.3 is 19.3 Å². The quantitative estimate of drug-likeness (QED) is 0.627. The first-order chi connectivity index (χ1) is 14.9. The summed E-state index contributed by atoms with van der Waals surface area (Å²) in [4.78, 5) is 0. The van der Waals surface area contributed by atoms with Crippen molar-refractivity contribution < 1.29 is 19.3 Å². The van der Waals surface area contributed by atoms with Gasteiger partial charge in [0, 0.05) is 26.6 Å². The first-order valence-corrected chi connectivity index (χ1v) is 13.3. The predicted octanol–water partition coefficient (Wildman–Crippen LogP) is 5.42. The van der Waals surface area contributed by atoms with Crippen LogP contribution < -0.4 is 0 Å². The summed E-state index contributed by atoms with van der Waals surface area (Å²) in [6.07, 6.45) is 12.6. The van der Waals surface area contributed by atoms with Crippen LogP contribution in [0.25, 0.3) is 0 Å². The Balaban J connectivity index is 1.39. The van der Waals surface area contributed by atoms with Crippen molar-refractivity contribution in [2.75, 3.05) is 26.9 Å². The van der Waals surface area contributed by atoms with Gasteiger partial charge in [0.2, 0.25) is 0 Å². The molecule has 4 aliphatic carbocycles. The molecule has 4 heteroatoms. The van der Waals surface area contributed by atoms with Crippen LogP contribution in [0.1, 0.15) is 85.0 Å². The van der Waals surface area contributed by atoms with E-state index < -0.39 is 0 Å². The normalized spacial score (nSPS) is 49.5. The maximum Gasteiger partial charge on any atom is 0.168 e. The second-order valence-electron chi connectivity index (χ2n) is 12.4. The number of methoxy groups -OCH3 is 1. The molecule has 0 aromatic rings. The molecule has 0 bridgehead atoms. The van der Waals surface area contributed by atoms with Crippen molar-refractivity contribution in [3.05, 3.63) is 0 Å². The molecule has 1 spiro atoms. The molecular formula is C27H46O4. The fourth-order valence-corrected chi connectivity index (χ4v) is 9.74. The predicted molar refractivity (Wildman–Crippen MR) is 122 cm³/mol. The lowest BCUT2D eigenvalue weighted by Gasteiger charge is -2.63. The molecule has 1 N–H and O–H groups in total. The van der Waals surface area contributed by atoms with Crippen LogP contribution in [-0.4, -0.2) is 43.9 Å². The molecule has 5 aliphatic rings. The van der Waals surface area contributed by atoms with E-state index in [0.29, 0.717) is 35.4 Å². The van der Waals surface area contributed by atoms with E-state index >= 15 is 0 Å². The van der Waals surface area contributed by atoms with Gasteiger partial charge >= 0.3 is 0 Å². The van der Waals surface area contributed by atoms with Crippen molar-refractivity contribution in [2.24, 2.45) is 46.3 Å². The Hall–Kier alpha value is -0.160. The summed E-state index contributed by atoms with van der Waals surface area (Å²) in [5.74, 6) is 4.17. The fourth-order valence-electron chi connectivity index (χ4n) is 9.74. The molecule has 6 unspecified atom stereocenters. The molecule has 0 radical (unpaired) electrons. The maximum atomic E-state index is 9.36. The molecule has 1 aliphatic heterocycles. The van der Waals surface area contributed by atoms with E-state index in [1.165, 1.54) is 44.9 Å². The highest BCUT2D eigenvalue weighted by Gasteiger charge is 2.64. The van der Waals surface area contributed by atoms with Crippen molar-refractivity contribution in [3.63, 3.8) is 0 Å². The number of rotatable bonds is 5. The maximum absolute atomic E-state index is 9.36. The second kappa shape index (κ2) is 8.25. The van der Waals surface area contributed by atoms with Gasteiger partial charge in [0.1, 0.15) is 0 Å². The number of aliphatic hydroxyl groups is 1. The minimum absolute atomic E-state index is 0.293. The zero-order valence-corrected chi connectivity index (χ0v) is 20.4. The largest absolute Gasteiger partial charge is 0.396 e. The van der Waals surface area contributed by atoms with E-state index in [0.717, 1.165) is 56.1 Å². The van der Waals surface area contributed by atoms with Crippen molar-refractivity contribution in [2.45, 2.75) is 96.9 Å². The fraction of sp³-hybridized carbons (Fsp3) is 1.00. The van der Waals surface area contributed by atoms with Gasteiger partial charge in [-0.15, -0.1) is 0 Å². The topological polar surface area (TPSA) is 47.9 Å². The zero-order valence-electron chi connectivity index (χ0n) is 20.4. The van der Waals surface area contributed by atoms with Crippen LogP contribution >= 0.6 is 0 Å². The number of hydrogen-bond acceptors (Lipinski definition) is 4. The van der Waals surface area contributed by atoms with Gasteiger partial charge in [-0.25, -0.2) is 0 Å². The van der Waals surface area contributed by atoms with Gasteiger partial charge in [-0.2, -0.15) is 0 Å². The van der Waals surface area contributed by atoms with Crippen molar-refractivity contribution >= 4 is 0 Å². The van der Waals surface area contributed by atoms with E-state index in [2.05, 4.69) is 20.8 Å². The van der Waals surface area contributed by atoms with Gasteiger partial charge in [-0.05, 0) is 97.7 Å². The average molecular weight is 435 g/mol. The molecule has 5 fully saturated rings. The summed E-state index contributed by atoms with van der Waals surface area (Å²) >= 11 is 0. The highest BCUT2D eigenvalue weighted by Crippen LogP contribution is 2.69. The van der Waals surface area contributed by atoms with Gasteiger partial charge in [-0.3, -0.25) is 0 Å². The smallest absolute Gasteiger partial charge is 0.168 e. The Morgan fingerprint density at radius 1 is 1.00 bits per heavy atom. The summed E-state index contributed by atoms with van der Waals surface area (Å²) in [5, 5.41) is 9.36. The monoisotopic (exact) mass is 434 g/mol. The third kappa shape index (κ3) is 3.45. The van der Waals surface area contributed by atoms with E-state index in [-0.39, 0.29) is 5.79 Å². The van der Waals surface area contributed by atoms with Gasteiger partial charge in [0.15, 0.2) is 5.79 Å². The van der Waals surface area contributed by atoms with Crippen LogP contribution in [-0.2, 0) is 14.2 Å². The molecule has 1 saturated heterocycles. The van der Waals surface area contributed by atoms with Crippen molar-refractivity contribution in [3.8, 4) is 0 Å². The highest BCUT2D eigenvalue weighted by atomic mass is 16.7. The lowest BCUT2D eigenvalue weighted by molar-refractivity contribution is -0.245. The Morgan fingerprint density at radius 2 is 1.74 bits per heavy atom. The van der Waals surface area contributed by atoms with Crippen LogP contribution in [0.3, 0.4) is 0 Å². The van der Waals surface area contributed by atoms with E-state index in [4.69, 9.17) is 14.2 Å². The number of hydrogen-bond donors (Lipinski definition) is 1. The Kier molecular flexibility index (Phi) is 6.02. The van der Waals surface area contributed by atoms with Crippen LogP contribution in [0.4, 0.5) is 0 Å². The molecular weight excluding hydrogens is 388 g/mol. The number of aliphatic hydroxyl groups excluding tert-OH is 1. The Bertz CT molecular complexity index is 645. The average Bonchev–Trinajstić information content (AvgIpc) is 3.36. The molecule has 0 aromatic carbocycles. The third-order valence-electron chi connectivity index (χ3n) is 11.4. The van der Waals surface area contributed by atoms with Crippen LogP contribution in [0.15, 0.2) is 0 Å². The molecule has 31 heavy (non-hydrogen) atoms. The SMILES string of the molecule is CO[C@@H]1C[C@H]2CC3(CCC2(C)C2CCC4(C)C(CCC4[C@H](C)CCCO)C21)OCCO3. The van der Waals surface area contributed by atoms with Crippen molar-refractivity contribution in [1.29, 1.82) is 0 Å². The van der Waals surface area contributed by atoms with E-state index in [1.807, 2.05) is 7.11 Å². The van der Waals surface area contributed by atoms with Gasteiger partial charge in [-0.1, -0.05) is 20.8 Å². The summed E-state index contributed by atoms with van der Waals surface area (Å²) in [6.45, 7) is 9.55. The Labute approximate surface area is 189 Å². The summed E-state index contributed by atoms with van der Waals surface area (Å²) in [6, 6.07) is 0. The van der Waals surface area contributed by atoms with E-state index in [9.17, 15) is 5.11 Å². The number of fused-ring (bicyclic) bond motifs is 5. The van der Waals surface area contributed by atoms with Gasteiger partial charge in [0.05, 0.1) is 19.3 Å². The molecule has 1 heterocycles. The van der Waals surface area contributed by atoms with E-state index in [1.54, 1.807) is 0 Å². The summed E-state index contributed by atoms with van der Waals surface area (Å²) < 4.78 is 18.6. The second-order valence-corrected chi connectivity index (χ2v) is 12.4. The standard InChI is InChI=1S/C27H46O4/c1-18(6-5-13-28)20-7-8-21-24-22(9-10-26(20,21)3)25(2)11-12-27(30-14-15-31-27)17-19(25)16-23(24)29-4/h18-24,28H,5-17H2,1-4H3/t18-,19+,20?,21?,22?,23-,24?,25?,26?/m1/s1. The summed E-state index contributed by atoms with van der Waals surface area (Å²) in [5.41, 5.74) is 0.853. The molecule has 4 nitrogen and oxygen atoms in total. The molecule has 0 aromatic heterocycles.